The van der Waals surface area contributed by atoms with Crippen LogP contribution < -0.4 is 5.32 Å². The number of hydrogen-bond acceptors (Lipinski definition) is 2. The van der Waals surface area contributed by atoms with Crippen molar-refractivity contribution in [1.82, 2.24) is 0 Å². The minimum Gasteiger partial charge on any atom is -0.381 e. The van der Waals surface area contributed by atoms with Crippen LogP contribution in [0.25, 0.3) is 0 Å². The van der Waals surface area contributed by atoms with Gasteiger partial charge in [0.2, 0.25) is 0 Å². The number of nitrogens with zero attached hydrogens (tertiary/aromatic N) is 1. The van der Waals surface area contributed by atoms with Crippen molar-refractivity contribution in [2.75, 3.05) is 5.32 Å². The Kier molecular flexibility index (Phi) is 3.82. The summed E-state index contributed by atoms with van der Waals surface area (Å²) < 4.78 is 13.2. The van der Waals surface area contributed by atoms with Gasteiger partial charge >= 0.3 is 0 Å². The van der Waals surface area contributed by atoms with Gasteiger partial charge in [0, 0.05) is 12.2 Å². The van der Waals surface area contributed by atoms with Gasteiger partial charge in [-0.25, -0.2) is 4.39 Å². The molecular formula is C16H15FN2. The minimum absolute atomic E-state index is 0.322. The summed E-state index contributed by atoms with van der Waals surface area (Å²) in [7, 11) is 0. The summed E-state index contributed by atoms with van der Waals surface area (Å²) in [5.41, 5.74) is 4.46. The summed E-state index contributed by atoms with van der Waals surface area (Å²) in [6.07, 6.45) is 0. The van der Waals surface area contributed by atoms with Gasteiger partial charge in [0.25, 0.3) is 0 Å². The predicted molar refractivity (Wildman–Crippen MR) is 74.4 cm³/mol. The monoisotopic (exact) mass is 254 g/mol. The first-order valence-electron chi connectivity index (χ1n) is 6.10. The SMILES string of the molecule is Cc1ccc(C)c(NCc2cc(F)ccc2C#N)c1. The van der Waals surface area contributed by atoms with Crippen LogP contribution in [0.3, 0.4) is 0 Å². The molecule has 19 heavy (non-hydrogen) atoms. The molecular weight excluding hydrogens is 239 g/mol. The number of nitriles is 1. The van der Waals surface area contributed by atoms with E-state index in [9.17, 15) is 4.39 Å². The third-order valence-electron chi connectivity index (χ3n) is 3.05. The zero-order valence-electron chi connectivity index (χ0n) is 11.0. The molecule has 0 aliphatic heterocycles. The van der Waals surface area contributed by atoms with Crippen LogP contribution in [0.4, 0.5) is 10.1 Å². The molecule has 0 amide bonds. The van der Waals surface area contributed by atoms with E-state index < -0.39 is 0 Å². The Morgan fingerprint density at radius 3 is 2.68 bits per heavy atom. The lowest BCUT2D eigenvalue weighted by molar-refractivity contribution is 0.625. The Morgan fingerprint density at radius 1 is 1.16 bits per heavy atom. The van der Waals surface area contributed by atoms with Gasteiger partial charge in [0.05, 0.1) is 11.6 Å². The van der Waals surface area contributed by atoms with Gasteiger partial charge in [0.1, 0.15) is 5.82 Å². The van der Waals surface area contributed by atoms with E-state index in [1.165, 1.54) is 18.2 Å². The molecule has 2 aromatic carbocycles. The Labute approximate surface area is 112 Å². The first-order chi connectivity index (χ1) is 9.10. The third kappa shape index (κ3) is 3.11. The molecule has 0 aliphatic rings. The van der Waals surface area contributed by atoms with E-state index >= 15 is 0 Å². The van der Waals surface area contributed by atoms with Crippen molar-refractivity contribution >= 4 is 5.69 Å². The zero-order valence-corrected chi connectivity index (χ0v) is 11.0. The lowest BCUT2D eigenvalue weighted by Crippen LogP contribution is -2.03. The van der Waals surface area contributed by atoms with Gasteiger partial charge in [-0.1, -0.05) is 12.1 Å². The van der Waals surface area contributed by atoms with Crippen molar-refractivity contribution in [3.63, 3.8) is 0 Å². The van der Waals surface area contributed by atoms with Gasteiger partial charge in [-0.05, 0) is 54.8 Å². The van der Waals surface area contributed by atoms with Crippen LogP contribution in [-0.4, -0.2) is 0 Å². The van der Waals surface area contributed by atoms with Crippen molar-refractivity contribution in [2.24, 2.45) is 0 Å². The standard InChI is InChI=1S/C16H15FN2/c1-11-3-4-12(2)16(7-11)19-10-14-8-15(17)6-5-13(14)9-18/h3-8,19H,10H2,1-2H3. The van der Waals surface area contributed by atoms with Crippen LogP contribution in [0, 0.1) is 31.0 Å². The maximum Gasteiger partial charge on any atom is 0.123 e. The highest BCUT2D eigenvalue weighted by Crippen LogP contribution is 2.18. The Morgan fingerprint density at radius 2 is 1.95 bits per heavy atom. The first-order valence-corrected chi connectivity index (χ1v) is 6.10. The van der Waals surface area contributed by atoms with Crippen molar-refractivity contribution < 1.29 is 4.39 Å². The fourth-order valence-corrected chi connectivity index (χ4v) is 1.93. The molecule has 0 atom stereocenters. The molecule has 0 radical (unpaired) electrons. The van der Waals surface area contributed by atoms with Crippen LogP contribution in [0.15, 0.2) is 36.4 Å². The van der Waals surface area contributed by atoms with Crippen molar-refractivity contribution in [2.45, 2.75) is 20.4 Å². The normalized spacial score (nSPS) is 10.0. The number of benzene rings is 2. The Balaban J connectivity index is 2.21. The topological polar surface area (TPSA) is 35.8 Å². The summed E-state index contributed by atoms with van der Waals surface area (Å²) in [4.78, 5) is 0. The molecule has 0 bridgehead atoms. The average Bonchev–Trinajstić information content (AvgIpc) is 2.40. The Hall–Kier alpha value is -2.34. The van der Waals surface area contributed by atoms with E-state index in [1.54, 1.807) is 0 Å². The molecule has 3 heteroatoms. The van der Waals surface area contributed by atoms with Gasteiger partial charge in [-0.15, -0.1) is 0 Å². The molecule has 0 spiro atoms. The summed E-state index contributed by atoms with van der Waals surface area (Å²) in [5, 5.41) is 12.3. The van der Waals surface area contributed by atoms with Crippen LogP contribution in [0.5, 0.6) is 0 Å². The number of hydrogen-bond donors (Lipinski definition) is 1. The molecule has 0 aliphatic carbocycles. The fraction of sp³-hybridized carbons (Fsp3) is 0.188. The summed E-state index contributed by atoms with van der Waals surface area (Å²) in [6.45, 7) is 4.47. The highest BCUT2D eigenvalue weighted by molar-refractivity contribution is 5.53. The summed E-state index contributed by atoms with van der Waals surface area (Å²) in [5.74, 6) is -0.322. The maximum atomic E-state index is 13.2. The highest BCUT2D eigenvalue weighted by Gasteiger charge is 2.05. The number of halogens is 1. The largest absolute Gasteiger partial charge is 0.381 e. The van der Waals surface area contributed by atoms with Crippen LogP contribution in [0.1, 0.15) is 22.3 Å². The molecule has 0 saturated heterocycles. The highest BCUT2D eigenvalue weighted by atomic mass is 19.1. The molecule has 2 nitrogen and oxygen atoms in total. The molecule has 0 heterocycles. The zero-order chi connectivity index (χ0) is 13.8. The number of aryl methyl sites for hydroxylation is 2. The van der Waals surface area contributed by atoms with E-state index in [0.29, 0.717) is 17.7 Å². The minimum atomic E-state index is -0.322. The van der Waals surface area contributed by atoms with Crippen LogP contribution in [-0.2, 0) is 6.54 Å². The van der Waals surface area contributed by atoms with E-state index in [-0.39, 0.29) is 5.82 Å². The summed E-state index contributed by atoms with van der Waals surface area (Å²) >= 11 is 0. The molecule has 0 aromatic heterocycles. The molecule has 0 unspecified atom stereocenters. The average molecular weight is 254 g/mol. The first kappa shape index (κ1) is 13.1. The second kappa shape index (κ2) is 5.53. The number of nitrogens with one attached hydrogen (secondary N) is 1. The van der Waals surface area contributed by atoms with E-state index in [2.05, 4.69) is 11.4 Å². The van der Waals surface area contributed by atoms with Crippen molar-refractivity contribution in [1.29, 1.82) is 5.26 Å². The third-order valence-corrected chi connectivity index (χ3v) is 3.05. The lowest BCUT2D eigenvalue weighted by Gasteiger charge is -2.11. The van der Waals surface area contributed by atoms with Crippen molar-refractivity contribution in [3.05, 3.63) is 64.5 Å². The predicted octanol–water partition coefficient (Wildman–Crippen LogP) is 3.93. The van der Waals surface area contributed by atoms with Crippen molar-refractivity contribution in [3.8, 4) is 6.07 Å². The molecule has 0 saturated carbocycles. The van der Waals surface area contributed by atoms with Crippen LogP contribution in [0.2, 0.25) is 0 Å². The van der Waals surface area contributed by atoms with Gasteiger partial charge in [-0.2, -0.15) is 5.26 Å². The molecule has 2 aromatic rings. The molecule has 0 fully saturated rings. The maximum absolute atomic E-state index is 13.2. The van der Waals surface area contributed by atoms with E-state index in [1.807, 2.05) is 32.0 Å². The quantitative estimate of drug-likeness (QED) is 0.900. The van der Waals surface area contributed by atoms with E-state index in [0.717, 1.165) is 16.8 Å². The smallest absolute Gasteiger partial charge is 0.123 e. The second-order valence-corrected chi connectivity index (χ2v) is 4.59. The van der Waals surface area contributed by atoms with E-state index in [4.69, 9.17) is 5.26 Å². The fourth-order valence-electron chi connectivity index (χ4n) is 1.93. The lowest BCUT2D eigenvalue weighted by atomic mass is 10.1. The molecule has 96 valence electrons. The van der Waals surface area contributed by atoms with Gasteiger partial charge < -0.3 is 5.32 Å². The van der Waals surface area contributed by atoms with Crippen LogP contribution >= 0.6 is 0 Å². The van der Waals surface area contributed by atoms with Gasteiger partial charge in [0.15, 0.2) is 0 Å². The Bertz CT molecular complexity index is 642. The van der Waals surface area contributed by atoms with Gasteiger partial charge in [-0.3, -0.25) is 0 Å². The molecule has 2 rings (SSSR count). The molecule has 1 N–H and O–H groups in total. The number of rotatable bonds is 3. The second-order valence-electron chi connectivity index (χ2n) is 4.59. The number of anilines is 1. The summed E-state index contributed by atoms with van der Waals surface area (Å²) in [6, 6.07) is 12.4.